The highest BCUT2D eigenvalue weighted by Crippen LogP contribution is 2.20. The zero-order chi connectivity index (χ0) is 13.3. The minimum atomic E-state index is -0.408. The second-order valence-corrected chi connectivity index (χ2v) is 4.12. The molecule has 6 heteroatoms. The Morgan fingerprint density at radius 2 is 2.17 bits per heavy atom. The van der Waals surface area contributed by atoms with Crippen LogP contribution in [0.3, 0.4) is 0 Å². The van der Waals surface area contributed by atoms with Crippen molar-refractivity contribution in [2.75, 3.05) is 7.05 Å². The molecule has 2 rings (SSSR count). The lowest BCUT2D eigenvalue weighted by molar-refractivity contribution is -0.123. The second-order valence-electron chi connectivity index (χ2n) is 4.12. The number of carbonyl (C=O) groups excluding carboxylic acids is 1. The molecular formula is C12H15N3O3. The van der Waals surface area contributed by atoms with Crippen LogP contribution < -0.4 is 16.6 Å². The maximum Gasteiger partial charge on any atom is 0.419 e. The van der Waals surface area contributed by atoms with Gasteiger partial charge in [-0.25, -0.2) is 10.2 Å². The minimum Gasteiger partial charge on any atom is -0.408 e. The summed E-state index contributed by atoms with van der Waals surface area (Å²) in [5.74, 6) is -0.878. The molecule has 0 spiro atoms. The number of fused-ring (bicyclic) bond motifs is 1. The number of rotatable bonds is 3. The number of carbonyl (C=O) groups is 1. The van der Waals surface area contributed by atoms with Gasteiger partial charge in [0.05, 0.1) is 11.4 Å². The van der Waals surface area contributed by atoms with E-state index in [1.807, 2.05) is 6.07 Å². The van der Waals surface area contributed by atoms with Crippen molar-refractivity contribution in [3.63, 3.8) is 0 Å². The Morgan fingerprint density at radius 3 is 2.83 bits per heavy atom. The standard InChI is InChI=1S/C12H15N3O3/c1-7(11(16)14-13-2)8-4-5-9-10(6-8)18-12(17)15(9)3/h4-7,13H,1-3H3,(H,14,16). The summed E-state index contributed by atoms with van der Waals surface area (Å²) in [4.78, 5) is 23.0. The third-order valence-corrected chi connectivity index (χ3v) is 2.96. The molecule has 0 fully saturated rings. The smallest absolute Gasteiger partial charge is 0.408 e. The zero-order valence-electron chi connectivity index (χ0n) is 10.5. The van der Waals surface area contributed by atoms with Gasteiger partial charge < -0.3 is 4.42 Å². The van der Waals surface area contributed by atoms with Crippen LogP contribution in [0.2, 0.25) is 0 Å². The number of aromatic nitrogens is 1. The van der Waals surface area contributed by atoms with E-state index >= 15 is 0 Å². The molecule has 2 aromatic rings. The highest BCUT2D eigenvalue weighted by atomic mass is 16.4. The van der Waals surface area contributed by atoms with Crippen molar-refractivity contribution in [1.29, 1.82) is 0 Å². The monoisotopic (exact) mass is 249 g/mol. The molecule has 1 amide bonds. The van der Waals surface area contributed by atoms with Gasteiger partial charge in [-0.15, -0.1) is 0 Å². The van der Waals surface area contributed by atoms with E-state index in [1.165, 1.54) is 4.57 Å². The summed E-state index contributed by atoms with van der Waals surface area (Å²) >= 11 is 0. The largest absolute Gasteiger partial charge is 0.419 e. The first-order chi connectivity index (χ1) is 8.54. The van der Waals surface area contributed by atoms with Gasteiger partial charge in [0.15, 0.2) is 5.58 Å². The predicted molar refractivity (Wildman–Crippen MR) is 67.1 cm³/mol. The van der Waals surface area contributed by atoms with Crippen molar-refractivity contribution in [3.8, 4) is 0 Å². The van der Waals surface area contributed by atoms with Crippen LogP contribution in [0, 0.1) is 0 Å². The van der Waals surface area contributed by atoms with Crippen molar-refractivity contribution in [3.05, 3.63) is 34.3 Å². The Kier molecular flexibility index (Phi) is 3.20. The summed E-state index contributed by atoms with van der Waals surface area (Å²) in [5, 5.41) is 0. The summed E-state index contributed by atoms with van der Waals surface area (Å²) in [7, 11) is 3.27. The summed E-state index contributed by atoms with van der Waals surface area (Å²) in [6, 6.07) is 5.31. The van der Waals surface area contributed by atoms with Crippen LogP contribution in [0.4, 0.5) is 0 Å². The minimum absolute atomic E-state index is 0.143. The molecule has 0 aliphatic rings. The van der Waals surface area contributed by atoms with Crippen LogP contribution >= 0.6 is 0 Å². The van der Waals surface area contributed by atoms with Crippen molar-refractivity contribution >= 4 is 17.0 Å². The topological polar surface area (TPSA) is 76.3 Å². The lowest BCUT2D eigenvalue weighted by Crippen LogP contribution is -2.37. The second kappa shape index (κ2) is 4.66. The van der Waals surface area contributed by atoms with Gasteiger partial charge >= 0.3 is 5.76 Å². The van der Waals surface area contributed by atoms with Crippen LogP contribution in [0.5, 0.6) is 0 Å². The number of oxazole rings is 1. The molecule has 0 saturated carbocycles. The third kappa shape index (κ3) is 2.02. The van der Waals surface area contributed by atoms with Gasteiger partial charge in [-0.3, -0.25) is 14.8 Å². The molecule has 0 bridgehead atoms. The summed E-state index contributed by atoms with van der Waals surface area (Å²) in [5.41, 5.74) is 7.11. The maximum absolute atomic E-state index is 11.7. The number of hydrogen-bond donors (Lipinski definition) is 2. The molecule has 0 radical (unpaired) electrons. The Labute approximate surface area is 104 Å². The molecule has 6 nitrogen and oxygen atoms in total. The van der Waals surface area contributed by atoms with E-state index in [4.69, 9.17) is 4.42 Å². The number of amides is 1. The Morgan fingerprint density at radius 1 is 1.44 bits per heavy atom. The average Bonchev–Trinajstić information content (AvgIpc) is 2.64. The van der Waals surface area contributed by atoms with Gasteiger partial charge in [-0.1, -0.05) is 6.07 Å². The van der Waals surface area contributed by atoms with Crippen LogP contribution in [0.15, 0.2) is 27.4 Å². The van der Waals surface area contributed by atoms with Crippen molar-refractivity contribution in [2.45, 2.75) is 12.8 Å². The lowest BCUT2D eigenvalue weighted by Gasteiger charge is -2.11. The molecule has 1 unspecified atom stereocenters. The molecule has 0 aliphatic carbocycles. The molecule has 2 N–H and O–H groups in total. The first kappa shape index (κ1) is 12.4. The van der Waals surface area contributed by atoms with Crippen LogP contribution in [-0.4, -0.2) is 17.5 Å². The molecule has 18 heavy (non-hydrogen) atoms. The molecule has 96 valence electrons. The number of hydrogen-bond acceptors (Lipinski definition) is 4. The molecule has 1 atom stereocenters. The Hall–Kier alpha value is -2.08. The quantitative estimate of drug-likeness (QED) is 0.776. The summed E-state index contributed by atoms with van der Waals surface area (Å²) < 4.78 is 6.52. The third-order valence-electron chi connectivity index (χ3n) is 2.96. The van der Waals surface area contributed by atoms with E-state index in [0.29, 0.717) is 11.1 Å². The van der Waals surface area contributed by atoms with E-state index in [-0.39, 0.29) is 11.8 Å². The first-order valence-corrected chi connectivity index (χ1v) is 5.60. The van der Waals surface area contributed by atoms with Crippen molar-refractivity contribution in [2.24, 2.45) is 7.05 Å². The Balaban J connectivity index is 2.41. The van der Waals surface area contributed by atoms with E-state index in [9.17, 15) is 9.59 Å². The molecular weight excluding hydrogens is 234 g/mol. The SMILES string of the molecule is CNNC(=O)C(C)c1ccc2c(c1)oc(=O)n2C. The highest BCUT2D eigenvalue weighted by Gasteiger charge is 2.16. The van der Waals surface area contributed by atoms with Crippen LogP contribution in [0.25, 0.3) is 11.1 Å². The van der Waals surface area contributed by atoms with Gasteiger partial charge in [0, 0.05) is 14.1 Å². The van der Waals surface area contributed by atoms with Gasteiger partial charge in [0.1, 0.15) is 0 Å². The average molecular weight is 249 g/mol. The molecule has 1 aromatic heterocycles. The highest BCUT2D eigenvalue weighted by molar-refractivity contribution is 5.84. The maximum atomic E-state index is 11.7. The van der Waals surface area contributed by atoms with Gasteiger partial charge in [0.25, 0.3) is 0 Å². The number of nitrogens with zero attached hydrogens (tertiary/aromatic N) is 1. The van der Waals surface area contributed by atoms with Gasteiger partial charge in [-0.05, 0) is 24.6 Å². The number of nitrogens with one attached hydrogen (secondary N) is 2. The van der Waals surface area contributed by atoms with E-state index in [0.717, 1.165) is 5.56 Å². The number of aryl methyl sites for hydroxylation is 1. The van der Waals surface area contributed by atoms with E-state index in [1.54, 1.807) is 33.2 Å². The normalized spacial score (nSPS) is 12.6. The molecule has 0 aliphatic heterocycles. The van der Waals surface area contributed by atoms with Crippen molar-refractivity contribution in [1.82, 2.24) is 15.4 Å². The zero-order valence-corrected chi connectivity index (χ0v) is 10.5. The fourth-order valence-corrected chi connectivity index (χ4v) is 1.80. The summed E-state index contributed by atoms with van der Waals surface area (Å²) in [6.45, 7) is 1.79. The van der Waals surface area contributed by atoms with Crippen LogP contribution in [0.1, 0.15) is 18.4 Å². The first-order valence-electron chi connectivity index (χ1n) is 5.60. The van der Waals surface area contributed by atoms with Crippen LogP contribution in [-0.2, 0) is 11.8 Å². The lowest BCUT2D eigenvalue weighted by atomic mass is 10.0. The predicted octanol–water partition coefficient (Wildman–Crippen LogP) is 0.486. The Bertz CT molecular complexity index is 642. The van der Waals surface area contributed by atoms with E-state index in [2.05, 4.69) is 10.9 Å². The van der Waals surface area contributed by atoms with Gasteiger partial charge in [-0.2, -0.15) is 0 Å². The molecule has 1 aromatic carbocycles. The fraction of sp³-hybridized carbons (Fsp3) is 0.333. The van der Waals surface area contributed by atoms with E-state index < -0.39 is 5.76 Å². The molecule has 1 heterocycles. The fourth-order valence-electron chi connectivity index (χ4n) is 1.80. The number of benzene rings is 1. The van der Waals surface area contributed by atoms with Gasteiger partial charge in [0.2, 0.25) is 5.91 Å². The van der Waals surface area contributed by atoms with Crippen molar-refractivity contribution < 1.29 is 9.21 Å². The summed E-state index contributed by atoms with van der Waals surface area (Å²) in [6.07, 6.45) is 0. The molecule has 0 saturated heterocycles. The number of hydrazine groups is 1.